The fraction of sp³-hybridized carbons (Fsp3) is 0.611. The van der Waals surface area contributed by atoms with E-state index >= 15 is 0 Å². The number of ether oxygens (including phenoxy) is 1. The predicted molar refractivity (Wildman–Crippen MR) is 88.6 cm³/mol. The molecule has 0 radical (unpaired) electrons. The lowest BCUT2D eigenvalue weighted by molar-refractivity contribution is -0.152. The first kappa shape index (κ1) is 17.0. The summed E-state index contributed by atoms with van der Waals surface area (Å²) in [6.07, 6.45) is 1.81. The Kier molecular flexibility index (Phi) is 5.24. The molecular weight excluding hydrogens is 276 g/mol. The van der Waals surface area contributed by atoms with E-state index < -0.39 is 5.54 Å². The van der Waals surface area contributed by atoms with E-state index in [1.54, 1.807) is 0 Å². The van der Waals surface area contributed by atoms with Gasteiger partial charge in [-0.15, -0.1) is 0 Å². The molecule has 1 fully saturated rings. The number of hydrogen-bond acceptors (Lipinski definition) is 4. The number of esters is 1. The third kappa shape index (κ3) is 4.31. The molecule has 4 nitrogen and oxygen atoms in total. The number of methoxy groups -OCH3 is 1. The summed E-state index contributed by atoms with van der Waals surface area (Å²) in [7, 11) is 1.48. The summed E-state index contributed by atoms with van der Waals surface area (Å²) >= 11 is 0. The molecule has 1 aromatic rings. The fourth-order valence-corrected chi connectivity index (χ4v) is 3.35. The fourth-order valence-electron chi connectivity index (χ4n) is 3.35. The maximum atomic E-state index is 12.5. The Balaban J connectivity index is 2.15. The van der Waals surface area contributed by atoms with Gasteiger partial charge in [0.15, 0.2) is 0 Å². The summed E-state index contributed by atoms with van der Waals surface area (Å²) < 4.78 is 5.11. The number of piperidine rings is 1. The molecule has 1 heterocycles. The lowest BCUT2D eigenvalue weighted by atomic mass is 9.86. The van der Waals surface area contributed by atoms with Crippen LogP contribution in [0, 0.1) is 0 Å². The molecule has 1 aliphatic heterocycles. The Bertz CT molecular complexity index is 496. The van der Waals surface area contributed by atoms with Gasteiger partial charge in [-0.3, -0.25) is 15.0 Å². The van der Waals surface area contributed by atoms with Gasteiger partial charge in [-0.1, -0.05) is 30.3 Å². The van der Waals surface area contributed by atoms with Gasteiger partial charge < -0.3 is 4.74 Å². The van der Waals surface area contributed by atoms with Gasteiger partial charge in [0.1, 0.15) is 5.54 Å². The van der Waals surface area contributed by atoms with Crippen LogP contribution in [0.15, 0.2) is 30.3 Å². The number of rotatable bonds is 4. The monoisotopic (exact) mass is 304 g/mol. The summed E-state index contributed by atoms with van der Waals surface area (Å²) in [6.45, 7) is 8.84. The summed E-state index contributed by atoms with van der Waals surface area (Å²) in [5.41, 5.74) is 0.531. The van der Waals surface area contributed by atoms with Crippen molar-refractivity contribution < 1.29 is 9.53 Å². The number of nitrogens with zero attached hydrogens (tertiary/aromatic N) is 1. The first-order chi connectivity index (χ1) is 10.3. The molecule has 4 heteroatoms. The number of hydrogen-bond donors (Lipinski definition) is 1. The molecule has 1 saturated heterocycles. The molecule has 0 bridgehead atoms. The Labute approximate surface area is 133 Å². The van der Waals surface area contributed by atoms with E-state index in [1.807, 2.05) is 6.07 Å². The largest absolute Gasteiger partial charge is 0.468 e. The van der Waals surface area contributed by atoms with Gasteiger partial charge in [-0.05, 0) is 45.7 Å². The molecule has 0 saturated carbocycles. The van der Waals surface area contributed by atoms with E-state index in [-0.39, 0.29) is 11.5 Å². The SMILES string of the molecule is COC(=O)C1(NC(C)(C)C)CCCN(Cc2ccccc2)C1. The van der Waals surface area contributed by atoms with Crippen molar-refractivity contribution in [3.63, 3.8) is 0 Å². The average Bonchev–Trinajstić information content (AvgIpc) is 2.46. The van der Waals surface area contributed by atoms with Gasteiger partial charge in [0.25, 0.3) is 0 Å². The van der Waals surface area contributed by atoms with Crippen LogP contribution in [0.3, 0.4) is 0 Å². The van der Waals surface area contributed by atoms with Crippen LogP contribution >= 0.6 is 0 Å². The number of nitrogens with one attached hydrogen (secondary N) is 1. The summed E-state index contributed by atoms with van der Waals surface area (Å²) in [4.78, 5) is 14.8. The molecule has 1 N–H and O–H groups in total. The van der Waals surface area contributed by atoms with Gasteiger partial charge in [0.2, 0.25) is 0 Å². The molecule has 0 spiro atoms. The molecule has 1 aromatic carbocycles. The van der Waals surface area contributed by atoms with E-state index in [9.17, 15) is 4.79 Å². The van der Waals surface area contributed by atoms with Gasteiger partial charge in [-0.2, -0.15) is 0 Å². The van der Waals surface area contributed by atoms with Crippen molar-refractivity contribution in [3.05, 3.63) is 35.9 Å². The minimum absolute atomic E-state index is 0.135. The van der Waals surface area contributed by atoms with Crippen LogP contribution in [-0.2, 0) is 16.1 Å². The lowest BCUT2D eigenvalue weighted by Gasteiger charge is -2.44. The zero-order chi connectivity index (χ0) is 16.2. The summed E-state index contributed by atoms with van der Waals surface area (Å²) in [6, 6.07) is 10.4. The van der Waals surface area contributed by atoms with Crippen LogP contribution < -0.4 is 5.32 Å². The van der Waals surface area contributed by atoms with Crippen molar-refractivity contribution in [2.75, 3.05) is 20.2 Å². The van der Waals surface area contributed by atoms with Crippen molar-refractivity contribution in [2.45, 2.75) is 51.2 Å². The average molecular weight is 304 g/mol. The van der Waals surface area contributed by atoms with Gasteiger partial charge in [0, 0.05) is 18.6 Å². The van der Waals surface area contributed by atoms with Gasteiger partial charge >= 0.3 is 5.97 Å². The molecule has 22 heavy (non-hydrogen) atoms. The highest BCUT2D eigenvalue weighted by Gasteiger charge is 2.45. The van der Waals surface area contributed by atoms with Crippen molar-refractivity contribution in [2.24, 2.45) is 0 Å². The molecule has 1 atom stereocenters. The maximum Gasteiger partial charge on any atom is 0.327 e. The first-order valence-corrected chi connectivity index (χ1v) is 7.99. The molecule has 1 aliphatic rings. The molecule has 122 valence electrons. The highest BCUT2D eigenvalue weighted by atomic mass is 16.5. The third-order valence-electron chi connectivity index (χ3n) is 4.01. The Morgan fingerprint density at radius 2 is 2.00 bits per heavy atom. The van der Waals surface area contributed by atoms with Crippen LogP contribution in [0.4, 0.5) is 0 Å². The zero-order valence-corrected chi connectivity index (χ0v) is 14.2. The van der Waals surface area contributed by atoms with Crippen LogP contribution in [-0.4, -0.2) is 42.1 Å². The van der Waals surface area contributed by atoms with E-state index in [2.05, 4.69) is 55.3 Å². The minimum Gasteiger partial charge on any atom is -0.468 e. The van der Waals surface area contributed by atoms with Gasteiger partial charge in [-0.25, -0.2) is 0 Å². The number of carbonyl (C=O) groups is 1. The predicted octanol–water partition coefficient (Wildman–Crippen LogP) is 2.58. The number of benzene rings is 1. The minimum atomic E-state index is -0.611. The Morgan fingerprint density at radius 1 is 1.32 bits per heavy atom. The highest BCUT2D eigenvalue weighted by Crippen LogP contribution is 2.26. The quantitative estimate of drug-likeness (QED) is 0.868. The van der Waals surface area contributed by atoms with Crippen molar-refractivity contribution in [1.82, 2.24) is 10.2 Å². The van der Waals surface area contributed by atoms with Crippen molar-refractivity contribution >= 4 is 5.97 Å². The topological polar surface area (TPSA) is 41.6 Å². The molecular formula is C18H28N2O2. The molecule has 0 amide bonds. The van der Waals surface area contributed by atoms with E-state index in [4.69, 9.17) is 4.74 Å². The van der Waals surface area contributed by atoms with E-state index in [0.29, 0.717) is 6.54 Å². The second-order valence-corrected chi connectivity index (χ2v) is 7.25. The second kappa shape index (κ2) is 6.80. The summed E-state index contributed by atoms with van der Waals surface area (Å²) in [5.74, 6) is -0.153. The lowest BCUT2D eigenvalue weighted by Crippen LogP contribution is -2.66. The Hall–Kier alpha value is -1.39. The molecule has 2 rings (SSSR count). The van der Waals surface area contributed by atoms with Crippen LogP contribution in [0.5, 0.6) is 0 Å². The van der Waals surface area contributed by atoms with Crippen LogP contribution in [0.1, 0.15) is 39.2 Å². The van der Waals surface area contributed by atoms with Crippen molar-refractivity contribution in [3.8, 4) is 0 Å². The van der Waals surface area contributed by atoms with E-state index in [0.717, 1.165) is 25.9 Å². The zero-order valence-electron chi connectivity index (χ0n) is 14.2. The number of likely N-dealkylation sites (tertiary alicyclic amines) is 1. The standard InChI is InChI=1S/C18H28N2O2/c1-17(2,3)19-18(16(21)22-4)11-8-12-20(14-18)13-15-9-6-5-7-10-15/h5-7,9-10,19H,8,11-14H2,1-4H3. The highest BCUT2D eigenvalue weighted by molar-refractivity contribution is 5.81. The smallest absolute Gasteiger partial charge is 0.327 e. The third-order valence-corrected chi connectivity index (χ3v) is 4.01. The molecule has 0 aliphatic carbocycles. The van der Waals surface area contributed by atoms with Crippen LogP contribution in [0.2, 0.25) is 0 Å². The molecule has 0 aromatic heterocycles. The summed E-state index contributed by atoms with van der Waals surface area (Å²) in [5, 5.41) is 3.52. The first-order valence-electron chi connectivity index (χ1n) is 7.99. The maximum absolute atomic E-state index is 12.5. The number of carbonyl (C=O) groups excluding carboxylic acids is 1. The normalized spacial score (nSPS) is 23.3. The van der Waals surface area contributed by atoms with Crippen molar-refractivity contribution in [1.29, 1.82) is 0 Å². The van der Waals surface area contributed by atoms with E-state index in [1.165, 1.54) is 12.7 Å². The second-order valence-electron chi connectivity index (χ2n) is 7.25. The molecule has 1 unspecified atom stereocenters. The van der Waals surface area contributed by atoms with Crippen LogP contribution in [0.25, 0.3) is 0 Å². The Morgan fingerprint density at radius 3 is 2.59 bits per heavy atom. The van der Waals surface area contributed by atoms with Gasteiger partial charge in [0.05, 0.1) is 7.11 Å².